The Morgan fingerprint density at radius 1 is 2.00 bits per heavy atom. The molecule has 0 aromatic heterocycles. The number of rotatable bonds is 3. The van der Waals surface area contributed by atoms with Gasteiger partial charge in [0.2, 0.25) is 5.91 Å². The standard InChI is InChI=1S/C7H12N4O/c1-2-5(11-7(8)9)4-3-10-6(4)12/h2,4-5H,1,3H2,(H,10,12)(H4,8,9,11). The molecule has 0 aliphatic carbocycles. The number of hydrogen-bond acceptors (Lipinski definition) is 2. The largest absolute Gasteiger partial charge is 0.370 e. The van der Waals surface area contributed by atoms with Gasteiger partial charge in [-0.1, -0.05) is 6.08 Å². The molecular formula is C7H12N4O. The molecular weight excluding hydrogens is 156 g/mol. The average molecular weight is 168 g/mol. The maximum atomic E-state index is 10.9. The molecule has 0 radical (unpaired) electrons. The van der Waals surface area contributed by atoms with Crippen molar-refractivity contribution in [2.24, 2.45) is 11.7 Å². The lowest BCUT2D eigenvalue weighted by atomic mass is 9.93. The van der Waals surface area contributed by atoms with E-state index in [1.54, 1.807) is 6.08 Å². The number of β-lactam (4-membered cyclic amide) rings is 1. The molecule has 1 aliphatic rings. The van der Waals surface area contributed by atoms with Gasteiger partial charge in [0, 0.05) is 6.54 Å². The molecule has 5 N–H and O–H groups in total. The van der Waals surface area contributed by atoms with Gasteiger partial charge < -0.3 is 16.4 Å². The van der Waals surface area contributed by atoms with Gasteiger partial charge >= 0.3 is 0 Å². The molecule has 1 fully saturated rings. The van der Waals surface area contributed by atoms with E-state index in [4.69, 9.17) is 11.1 Å². The number of hydrogen-bond donors (Lipinski definition) is 4. The van der Waals surface area contributed by atoms with Crippen molar-refractivity contribution >= 4 is 11.9 Å². The van der Waals surface area contributed by atoms with Gasteiger partial charge in [-0.2, -0.15) is 0 Å². The summed E-state index contributed by atoms with van der Waals surface area (Å²) in [5, 5.41) is 12.2. The summed E-state index contributed by atoms with van der Waals surface area (Å²) in [6.07, 6.45) is 1.59. The number of nitrogens with one attached hydrogen (secondary N) is 3. The van der Waals surface area contributed by atoms with Gasteiger partial charge in [-0.05, 0) is 0 Å². The summed E-state index contributed by atoms with van der Waals surface area (Å²) in [5.74, 6) is -0.292. The Morgan fingerprint density at radius 3 is 2.92 bits per heavy atom. The van der Waals surface area contributed by atoms with E-state index in [-0.39, 0.29) is 23.8 Å². The third kappa shape index (κ3) is 1.55. The predicted octanol–water partition coefficient (Wildman–Crippen LogP) is -1.23. The number of nitrogens with two attached hydrogens (primary N) is 1. The van der Waals surface area contributed by atoms with Crippen LogP contribution in [0, 0.1) is 11.3 Å². The quantitative estimate of drug-likeness (QED) is 0.184. The molecule has 0 bridgehead atoms. The molecule has 5 nitrogen and oxygen atoms in total. The van der Waals surface area contributed by atoms with E-state index in [2.05, 4.69) is 17.2 Å². The van der Waals surface area contributed by atoms with E-state index >= 15 is 0 Å². The Bertz CT molecular complexity index is 225. The zero-order valence-corrected chi connectivity index (χ0v) is 6.63. The molecule has 12 heavy (non-hydrogen) atoms. The summed E-state index contributed by atoms with van der Waals surface area (Å²) in [4.78, 5) is 10.9. The summed E-state index contributed by atoms with van der Waals surface area (Å²) < 4.78 is 0. The van der Waals surface area contributed by atoms with Crippen LogP contribution in [-0.2, 0) is 4.79 Å². The van der Waals surface area contributed by atoms with Crippen LogP contribution in [0.4, 0.5) is 0 Å². The van der Waals surface area contributed by atoms with Gasteiger partial charge in [-0.15, -0.1) is 6.58 Å². The second-order valence-electron chi connectivity index (χ2n) is 2.67. The zero-order valence-electron chi connectivity index (χ0n) is 6.63. The highest BCUT2D eigenvalue weighted by Crippen LogP contribution is 2.11. The van der Waals surface area contributed by atoms with E-state index < -0.39 is 0 Å². The number of amides is 1. The van der Waals surface area contributed by atoms with Crippen LogP contribution in [-0.4, -0.2) is 24.5 Å². The van der Waals surface area contributed by atoms with Crippen molar-refractivity contribution in [1.82, 2.24) is 10.6 Å². The van der Waals surface area contributed by atoms with Crippen molar-refractivity contribution in [3.63, 3.8) is 0 Å². The Morgan fingerprint density at radius 2 is 2.67 bits per heavy atom. The van der Waals surface area contributed by atoms with Crippen LogP contribution in [0.5, 0.6) is 0 Å². The van der Waals surface area contributed by atoms with E-state index in [0.29, 0.717) is 6.54 Å². The van der Waals surface area contributed by atoms with Gasteiger partial charge in [0.15, 0.2) is 5.96 Å². The van der Waals surface area contributed by atoms with Crippen LogP contribution >= 0.6 is 0 Å². The summed E-state index contributed by atoms with van der Waals surface area (Å²) >= 11 is 0. The fraction of sp³-hybridized carbons (Fsp3) is 0.429. The minimum absolute atomic E-state index is 0.0198. The summed E-state index contributed by atoms with van der Waals surface area (Å²) in [7, 11) is 0. The highest BCUT2D eigenvalue weighted by molar-refractivity contribution is 5.86. The number of guanidine groups is 1. The first-order valence-corrected chi connectivity index (χ1v) is 3.66. The van der Waals surface area contributed by atoms with E-state index in [1.807, 2.05) is 0 Å². The number of carbonyl (C=O) groups is 1. The monoisotopic (exact) mass is 168 g/mol. The predicted molar refractivity (Wildman–Crippen MR) is 45.5 cm³/mol. The lowest BCUT2D eigenvalue weighted by Crippen LogP contribution is -2.58. The minimum atomic E-state index is -0.226. The van der Waals surface area contributed by atoms with E-state index in [9.17, 15) is 4.79 Å². The molecule has 0 aromatic rings. The van der Waals surface area contributed by atoms with Gasteiger partial charge in [0.05, 0.1) is 12.0 Å². The summed E-state index contributed by atoms with van der Waals surface area (Å²) in [5.41, 5.74) is 5.12. The van der Waals surface area contributed by atoms with Crippen molar-refractivity contribution in [2.45, 2.75) is 6.04 Å². The van der Waals surface area contributed by atoms with E-state index in [0.717, 1.165) is 0 Å². The molecule has 66 valence electrons. The van der Waals surface area contributed by atoms with Gasteiger partial charge in [-0.3, -0.25) is 10.2 Å². The highest BCUT2D eigenvalue weighted by Gasteiger charge is 2.33. The molecule has 1 rings (SSSR count). The van der Waals surface area contributed by atoms with Gasteiger partial charge in [-0.25, -0.2) is 0 Å². The zero-order chi connectivity index (χ0) is 9.14. The van der Waals surface area contributed by atoms with Crippen molar-refractivity contribution in [3.8, 4) is 0 Å². The van der Waals surface area contributed by atoms with Crippen LogP contribution < -0.4 is 16.4 Å². The van der Waals surface area contributed by atoms with Crippen LogP contribution in [0.2, 0.25) is 0 Å². The fourth-order valence-corrected chi connectivity index (χ4v) is 1.10. The third-order valence-corrected chi connectivity index (χ3v) is 1.84. The molecule has 1 heterocycles. The topological polar surface area (TPSA) is 91.0 Å². The molecule has 1 saturated heterocycles. The number of carbonyl (C=O) groups excluding carboxylic acids is 1. The Balaban J connectivity index is 2.50. The maximum absolute atomic E-state index is 10.9. The van der Waals surface area contributed by atoms with E-state index in [1.165, 1.54) is 0 Å². The van der Waals surface area contributed by atoms with Gasteiger partial charge in [0.25, 0.3) is 0 Å². The van der Waals surface area contributed by atoms with Crippen molar-refractivity contribution < 1.29 is 4.79 Å². The minimum Gasteiger partial charge on any atom is -0.370 e. The average Bonchev–Trinajstić information content (AvgIpc) is 1.99. The molecule has 0 saturated carbocycles. The fourth-order valence-electron chi connectivity index (χ4n) is 1.10. The Hall–Kier alpha value is -1.52. The molecule has 5 heteroatoms. The first kappa shape index (κ1) is 8.58. The van der Waals surface area contributed by atoms with Crippen LogP contribution in [0.3, 0.4) is 0 Å². The molecule has 1 aliphatic heterocycles. The second kappa shape index (κ2) is 3.25. The van der Waals surface area contributed by atoms with Crippen LogP contribution in [0.1, 0.15) is 0 Å². The first-order chi connectivity index (χ1) is 5.65. The molecule has 0 aromatic carbocycles. The summed E-state index contributed by atoms with van der Waals surface area (Å²) in [6.45, 7) is 4.18. The van der Waals surface area contributed by atoms with Crippen molar-refractivity contribution in [2.75, 3.05) is 6.54 Å². The lowest BCUT2D eigenvalue weighted by Gasteiger charge is -2.31. The normalized spacial score (nSPS) is 23.3. The second-order valence-corrected chi connectivity index (χ2v) is 2.67. The van der Waals surface area contributed by atoms with Crippen LogP contribution in [0.25, 0.3) is 0 Å². The molecule has 0 spiro atoms. The third-order valence-electron chi connectivity index (χ3n) is 1.84. The van der Waals surface area contributed by atoms with Crippen molar-refractivity contribution in [1.29, 1.82) is 5.41 Å². The molecule has 1 amide bonds. The molecule has 2 unspecified atom stereocenters. The Kier molecular flexibility index (Phi) is 2.32. The summed E-state index contributed by atoms with van der Waals surface area (Å²) in [6, 6.07) is -0.226. The SMILES string of the molecule is C=CC(NC(=N)N)C1CNC1=O. The lowest BCUT2D eigenvalue weighted by molar-refractivity contribution is -0.131. The van der Waals surface area contributed by atoms with Crippen molar-refractivity contribution in [3.05, 3.63) is 12.7 Å². The highest BCUT2D eigenvalue weighted by atomic mass is 16.2. The smallest absolute Gasteiger partial charge is 0.227 e. The maximum Gasteiger partial charge on any atom is 0.227 e. The van der Waals surface area contributed by atoms with Gasteiger partial charge in [0.1, 0.15) is 0 Å². The molecule has 2 atom stereocenters. The first-order valence-electron chi connectivity index (χ1n) is 3.66. The Labute approximate surface area is 70.5 Å². The van der Waals surface area contributed by atoms with Crippen LogP contribution in [0.15, 0.2) is 12.7 Å².